The van der Waals surface area contributed by atoms with Crippen LogP contribution in [0.3, 0.4) is 0 Å². The molecule has 0 aliphatic carbocycles. The molecule has 1 N–H and O–H groups in total. The fourth-order valence-electron chi connectivity index (χ4n) is 1.37. The molecule has 5 heteroatoms. The van der Waals surface area contributed by atoms with Crippen LogP contribution in [0.5, 0.6) is 0 Å². The third-order valence-electron chi connectivity index (χ3n) is 2.22. The van der Waals surface area contributed by atoms with Crippen molar-refractivity contribution >= 4 is 21.6 Å². The maximum absolute atomic E-state index is 5.22. The van der Waals surface area contributed by atoms with E-state index in [9.17, 15) is 0 Å². The fraction of sp³-hybridized carbons (Fsp3) is 0.300. The van der Waals surface area contributed by atoms with Crippen LogP contribution in [0, 0.1) is 6.92 Å². The number of hydrogen-bond donors (Lipinski definition) is 1. The quantitative estimate of drug-likeness (QED) is 0.932. The van der Waals surface area contributed by atoms with Crippen LogP contribution in [0.25, 0.3) is 0 Å². The van der Waals surface area contributed by atoms with Crippen molar-refractivity contribution in [3.8, 4) is 0 Å². The lowest BCUT2D eigenvalue weighted by atomic mass is 10.2. The maximum Gasteiger partial charge on any atom is 0.151 e. The van der Waals surface area contributed by atoms with E-state index in [1.165, 1.54) is 0 Å². The molecular weight excluding hydrogens is 258 g/mol. The van der Waals surface area contributed by atoms with Gasteiger partial charge in [0, 0.05) is 25.4 Å². The molecule has 4 nitrogen and oxygen atoms in total. The van der Waals surface area contributed by atoms with Crippen LogP contribution in [-0.2, 0) is 13.6 Å². The SMILES string of the molecule is Cc1occc1CNc1cn(C)nc1Br. The lowest BCUT2D eigenvalue weighted by Crippen LogP contribution is -1.98. The van der Waals surface area contributed by atoms with Gasteiger partial charge in [-0.25, -0.2) is 0 Å². The highest BCUT2D eigenvalue weighted by Gasteiger charge is 2.05. The molecule has 0 aliphatic rings. The summed E-state index contributed by atoms with van der Waals surface area (Å²) in [5.74, 6) is 0.947. The minimum Gasteiger partial charge on any atom is -0.469 e. The molecule has 2 aromatic rings. The van der Waals surface area contributed by atoms with E-state index in [1.54, 1.807) is 10.9 Å². The summed E-state index contributed by atoms with van der Waals surface area (Å²) in [5, 5.41) is 7.47. The van der Waals surface area contributed by atoms with Gasteiger partial charge in [0.15, 0.2) is 4.60 Å². The average molecular weight is 270 g/mol. The van der Waals surface area contributed by atoms with Crippen molar-refractivity contribution in [2.75, 3.05) is 5.32 Å². The van der Waals surface area contributed by atoms with Gasteiger partial charge in [0.05, 0.1) is 12.0 Å². The summed E-state index contributed by atoms with van der Waals surface area (Å²) in [7, 11) is 1.89. The molecule has 15 heavy (non-hydrogen) atoms. The third-order valence-corrected chi connectivity index (χ3v) is 2.81. The fourth-order valence-corrected chi connectivity index (χ4v) is 1.86. The zero-order valence-corrected chi connectivity index (χ0v) is 10.2. The van der Waals surface area contributed by atoms with Crippen molar-refractivity contribution in [3.05, 3.63) is 34.5 Å². The summed E-state index contributed by atoms with van der Waals surface area (Å²) >= 11 is 3.38. The number of rotatable bonds is 3. The Morgan fingerprint density at radius 1 is 1.60 bits per heavy atom. The van der Waals surface area contributed by atoms with Crippen molar-refractivity contribution in [1.29, 1.82) is 0 Å². The minimum absolute atomic E-state index is 0.743. The molecular formula is C10H12BrN3O. The second-order valence-electron chi connectivity index (χ2n) is 3.36. The van der Waals surface area contributed by atoms with Crippen molar-refractivity contribution in [3.63, 3.8) is 0 Å². The molecule has 80 valence electrons. The number of anilines is 1. The Morgan fingerprint density at radius 3 is 2.93 bits per heavy atom. The lowest BCUT2D eigenvalue weighted by molar-refractivity contribution is 0.530. The summed E-state index contributed by atoms with van der Waals surface area (Å²) in [6, 6.07) is 1.96. The summed E-state index contributed by atoms with van der Waals surface area (Å²) in [6.45, 7) is 2.70. The second-order valence-corrected chi connectivity index (χ2v) is 4.11. The van der Waals surface area contributed by atoms with Crippen LogP contribution in [0.15, 0.2) is 27.5 Å². The predicted octanol–water partition coefficient (Wildman–Crippen LogP) is 2.70. The Bertz CT molecular complexity index is 461. The zero-order chi connectivity index (χ0) is 10.8. The number of nitrogens with one attached hydrogen (secondary N) is 1. The number of furan rings is 1. The van der Waals surface area contributed by atoms with E-state index in [1.807, 2.05) is 26.2 Å². The number of hydrogen-bond acceptors (Lipinski definition) is 3. The van der Waals surface area contributed by atoms with Crippen molar-refractivity contribution in [2.24, 2.45) is 7.05 Å². The van der Waals surface area contributed by atoms with Crippen LogP contribution in [0.1, 0.15) is 11.3 Å². The monoisotopic (exact) mass is 269 g/mol. The van der Waals surface area contributed by atoms with Gasteiger partial charge in [-0.05, 0) is 28.9 Å². The molecule has 0 unspecified atom stereocenters. The summed E-state index contributed by atoms with van der Waals surface area (Å²) in [5.41, 5.74) is 2.14. The molecule has 0 amide bonds. The standard InChI is InChI=1S/C10H12BrN3O/c1-7-8(3-4-15-7)5-12-9-6-14(2)13-10(9)11/h3-4,6,12H,5H2,1-2H3. The molecule has 0 aromatic carbocycles. The van der Waals surface area contributed by atoms with E-state index >= 15 is 0 Å². The number of halogens is 1. The highest BCUT2D eigenvalue weighted by atomic mass is 79.9. The number of nitrogens with zero attached hydrogens (tertiary/aromatic N) is 2. The van der Waals surface area contributed by atoms with Crippen LogP contribution in [-0.4, -0.2) is 9.78 Å². The van der Waals surface area contributed by atoms with E-state index in [4.69, 9.17) is 4.42 Å². The van der Waals surface area contributed by atoms with Crippen LogP contribution in [0.2, 0.25) is 0 Å². The van der Waals surface area contributed by atoms with Crippen molar-refractivity contribution < 1.29 is 4.42 Å². The maximum atomic E-state index is 5.22. The van der Waals surface area contributed by atoms with Gasteiger partial charge in [-0.2, -0.15) is 5.10 Å². The average Bonchev–Trinajstić information content (AvgIpc) is 2.70. The molecule has 2 aromatic heterocycles. The summed E-state index contributed by atoms with van der Waals surface area (Å²) in [6.07, 6.45) is 3.63. The van der Waals surface area contributed by atoms with E-state index in [0.717, 1.165) is 28.2 Å². The van der Waals surface area contributed by atoms with Gasteiger partial charge in [-0.3, -0.25) is 4.68 Å². The molecule has 0 aliphatic heterocycles. The second kappa shape index (κ2) is 4.10. The smallest absolute Gasteiger partial charge is 0.151 e. The first-order valence-corrected chi connectivity index (χ1v) is 5.42. The van der Waals surface area contributed by atoms with Gasteiger partial charge in [-0.15, -0.1) is 0 Å². The van der Waals surface area contributed by atoms with E-state index < -0.39 is 0 Å². The first-order chi connectivity index (χ1) is 7.16. The van der Waals surface area contributed by atoms with Crippen LogP contribution >= 0.6 is 15.9 Å². The molecule has 0 radical (unpaired) electrons. The molecule has 2 rings (SSSR count). The Kier molecular flexibility index (Phi) is 2.81. The summed E-state index contributed by atoms with van der Waals surface area (Å²) in [4.78, 5) is 0. The van der Waals surface area contributed by atoms with Gasteiger partial charge >= 0.3 is 0 Å². The molecule has 2 heterocycles. The van der Waals surface area contributed by atoms with Gasteiger partial charge in [0.25, 0.3) is 0 Å². The van der Waals surface area contributed by atoms with Gasteiger partial charge in [-0.1, -0.05) is 0 Å². The molecule has 0 bridgehead atoms. The first-order valence-electron chi connectivity index (χ1n) is 4.63. The number of aryl methyl sites for hydroxylation is 2. The van der Waals surface area contributed by atoms with E-state index in [-0.39, 0.29) is 0 Å². The Balaban J connectivity index is 2.05. The minimum atomic E-state index is 0.743. The molecule has 0 fully saturated rings. The predicted molar refractivity (Wildman–Crippen MR) is 61.7 cm³/mol. The Hall–Kier alpha value is -1.23. The molecule has 0 saturated heterocycles. The first kappa shape index (κ1) is 10.3. The molecule has 0 atom stereocenters. The third kappa shape index (κ3) is 2.23. The normalized spacial score (nSPS) is 10.6. The molecule has 0 saturated carbocycles. The Labute approximate surface area is 96.4 Å². The largest absolute Gasteiger partial charge is 0.469 e. The zero-order valence-electron chi connectivity index (χ0n) is 8.62. The van der Waals surface area contributed by atoms with E-state index in [2.05, 4.69) is 26.3 Å². The number of aromatic nitrogens is 2. The van der Waals surface area contributed by atoms with Crippen molar-refractivity contribution in [2.45, 2.75) is 13.5 Å². The highest BCUT2D eigenvalue weighted by Crippen LogP contribution is 2.20. The summed E-state index contributed by atoms with van der Waals surface area (Å²) < 4.78 is 7.80. The van der Waals surface area contributed by atoms with Gasteiger partial charge < -0.3 is 9.73 Å². The van der Waals surface area contributed by atoms with Gasteiger partial charge in [0.2, 0.25) is 0 Å². The van der Waals surface area contributed by atoms with E-state index in [0.29, 0.717) is 0 Å². The van der Waals surface area contributed by atoms with Crippen LogP contribution in [0.4, 0.5) is 5.69 Å². The lowest BCUT2D eigenvalue weighted by Gasteiger charge is -2.02. The van der Waals surface area contributed by atoms with Crippen LogP contribution < -0.4 is 5.32 Å². The topological polar surface area (TPSA) is 43.0 Å². The highest BCUT2D eigenvalue weighted by molar-refractivity contribution is 9.10. The van der Waals surface area contributed by atoms with Gasteiger partial charge in [0.1, 0.15) is 5.76 Å². The Morgan fingerprint density at radius 2 is 2.40 bits per heavy atom. The van der Waals surface area contributed by atoms with Crippen molar-refractivity contribution in [1.82, 2.24) is 9.78 Å². The molecule has 0 spiro atoms.